The summed E-state index contributed by atoms with van der Waals surface area (Å²) in [5, 5.41) is 7.20. The minimum absolute atomic E-state index is 0.120. The summed E-state index contributed by atoms with van der Waals surface area (Å²) in [6.45, 7) is 5.29. The van der Waals surface area contributed by atoms with Gasteiger partial charge >= 0.3 is 0 Å². The smallest absolute Gasteiger partial charge is 0.277 e. The molecule has 1 spiro atoms. The van der Waals surface area contributed by atoms with E-state index in [0.29, 0.717) is 37.4 Å². The fraction of sp³-hybridized carbons (Fsp3) is 0.344. The molecule has 2 heterocycles. The van der Waals surface area contributed by atoms with Crippen molar-refractivity contribution in [1.82, 2.24) is 10.0 Å². The highest BCUT2D eigenvalue weighted by molar-refractivity contribution is 7.89. The lowest BCUT2D eigenvalue weighted by Crippen LogP contribution is -2.57. The van der Waals surface area contributed by atoms with E-state index >= 15 is 0 Å². The predicted octanol–water partition coefficient (Wildman–Crippen LogP) is 6.20. The van der Waals surface area contributed by atoms with Gasteiger partial charge in [0.05, 0.1) is 12.3 Å². The number of nitrogens with one attached hydrogen (secondary N) is 3. The SMILES string of the molecule is CCC(CC)(Oc1ccc(Cl)cc1[C@@H]1CC(=O)N[C@H](c2cc(Cl)ccc2C)[C@@]12C(=O)Nc1cc(Cl)ccc12)C(=O)NS(C)(=O)=O. The van der Waals surface area contributed by atoms with Gasteiger partial charge in [0.15, 0.2) is 5.60 Å². The number of aryl methyl sites for hydroxylation is 1. The van der Waals surface area contributed by atoms with Crippen molar-refractivity contribution in [2.24, 2.45) is 0 Å². The minimum Gasteiger partial charge on any atom is -0.477 e. The van der Waals surface area contributed by atoms with Gasteiger partial charge in [-0.3, -0.25) is 14.4 Å². The van der Waals surface area contributed by atoms with Gasteiger partial charge in [0.25, 0.3) is 5.91 Å². The van der Waals surface area contributed by atoms with Crippen LogP contribution in [-0.4, -0.2) is 38.0 Å². The third-order valence-corrected chi connectivity index (χ3v) is 10.1. The molecule has 0 unspecified atom stereocenters. The van der Waals surface area contributed by atoms with Gasteiger partial charge in [-0.25, -0.2) is 13.1 Å². The van der Waals surface area contributed by atoms with Gasteiger partial charge in [0.2, 0.25) is 21.8 Å². The molecular formula is C32H32Cl3N3O6S. The number of hydrogen-bond donors (Lipinski definition) is 3. The van der Waals surface area contributed by atoms with Crippen LogP contribution in [0.15, 0.2) is 54.6 Å². The molecular weight excluding hydrogens is 661 g/mol. The molecule has 0 aliphatic carbocycles. The number of benzene rings is 3. The topological polar surface area (TPSA) is 131 Å². The molecule has 9 nitrogen and oxygen atoms in total. The summed E-state index contributed by atoms with van der Waals surface area (Å²) >= 11 is 19.4. The maximum atomic E-state index is 14.5. The molecule has 2 aliphatic rings. The molecule has 3 amide bonds. The van der Waals surface area contributed by atoms with Crippen molar-refractivity contribution in [3.8, 4) is 5.75 Å². The molecule has 0 bridgehead atoms. The lowest BCUT2D eigenvalue weighted by atomic mass is 9.59. The Bertz CT molecular complexity index is 1830. The van der Waals surface area contributed by atoms with Crippen LogP contribution in [0.1, 0.15) is 67.3 Å². The van der Waals surface area contributed by atoms with Crippen LogP contribution >= 0.6 is 34.8 Å². The highest BCUT2D eigenvalue weighted by Gasteiger charge is 2.62. The molecule has 0 radical (unpaired) electrons. The first-order valence-corrected chi connectivity index (χ1v) is 17.3. The average Bonchev–Trinajstić information content (AvgIpc) is 3.24. The van der Waals surface area contributed by atoms with Crippen molar-refractivity contribution in [2.75, 3.05) is 11.6 Å². The van der Waals surface area contributed by atoms with Crippen molar-refractivity contribution >= 4 is 68.2 Å². The Kier molecular flexibility index (Phi) is 8.91. The van der Waals surface area contributed by atoms with Crippen LogP contribution in [0, 0.1) is 6.92 Å². The van der Waals surface area contributed by atoms with Crippen molar-refractivity contribution < 1.29 is 27.5 Å². The largest absolute Gasteiger partial charge is 0.477 e. The molecule has 5 rings (SSSR count). The summed E-state index contributed by atoms with van der Waals surface area (Å²) in [4.78, 5) is 41.5. The number of ether oxygens (including phenoxy) is 1. The van der Waals surface area contributed by atoms with E-state index in [1.165, 1.54) is 0 Å². The fourth-order valence-corrected chi connectivity index (χ4v) is 7.62. The maximum Gasteiger partial charge on any atom is 0.277 e. The molecule has 3 aromatic carbocycles. The van der Waals surface area contributed by atoms with Gasteiger partial charge in [-0.15, -0.1) is 0 Å². The van der Waals surface area contributed by atoms with Crippen LogP contribution in [0.4, 0.5) is 5.69 Å². The van der Waals surface area contributed by atoms with Crippen LogP contribution in [0.5, 0.6) is 5.75 Å². The second kappa shape index (κ2) is 12.1. The zero-order chi connectivity index (χ0) is 32.9. The van der Waals surface area contributed by atoms with E-state index in [-0.39, 0.29) is 36.8 Å². The van der Waals surface area contributed by atoms with E-state index < -0.39 is 38.9 Å². The third kappa shape index (κ3) is 5.89. The summed E-state index contributed by atoms with van der Waals surface area (Å²) in [7, 11) is -3.90. The summed E-state index contributed by atoms with van der Waals surface area (Å²) in [5.41, 5.74) is -0.0954. The van der Waals surface area contributed by atoms with Crippen molar-refractivity contribution in [3.63, 3.8) is 0 Å². The lowest BCUT2D eigenvalue weighted by Gasteiger charge is -2.47. The Hall–Kier alpha value is -3.31. The van der Waals surface area contributed by atoms with Crippen molar-refractivity contribution in [1.29, 1.82) is 0 Å². The van der Waals surface area contributed by atoms with Crippen LogP contribution < -0.4 is 20.1 Å². The lowest BCUT2D eigenvalue weighted by molar-refractivity contribution is -0.136. The highest BCUT2D eigenvalue weighted by atomic mass is 35.5. The van der Waals surface area contributed by atoms with Gasteiger partial charge in [-0.05, 0) is 78.9 Å². The monoisotopic (exact) mass is 691 g/mol. The van der Waals surface area contributed by atoms with E-state index in [1.54, 1.807) is 62.4 Å². The van der Waals surface area contributed by atoms with E-state index in [9.17, 15) is 22.8 Å². The van der Waals surface area contributed by atoms with Crippen molar-refractivity contribution in [2.45, 2.75) is 63.0 Å². The Morgan fingerprint density at radius 2 is 1.58 bits per heavy atom. The number of carbonyl (C=O) groups excluding carboxylic acids is 3. The summed E-state index contributed by atoms with van der Waals surface area (Å²) < 4.78 is 32.6. The first kappa shape index (κ1) is 33.1. The van der Waals surface area contributed by atoms with Gasteiger partial charge in [-0.1, -0.05) is 60.8 Å². The van der Waals surface area contributed by atoms with Crippen LogP contribution in [0.25, 0.3) is 0 Å². The number of fused-ring (bicyclic) bond motifs is 2. The number of halogens is 3. The molecule has 45 heavy (non-hydrogen) atoms. The number of rotatable bonds is 8. The maximum absolute atomic E-state index is 14.5. The third-order valence-electron chi connectivity index (χ3n) is 8.79. The number of piperidine rings is 1. The van der Waals surface area contributed by atoms with E-state index in [2.05, 4.69) is 10.6 Å². The zero-order valence-corrected chi connectivity index (χ0v) is 28.0. The molecule has 238 valence electrons. The molecule has 0 saturated carbocycles. The Morgan fingerprint density at radius 1 is 0.978 bits per heavy atom. The second-order valence-electron chi connectivity index (χ2n) is 11.5. The first-order valence-electron chi connectivity index (χ1n) is 14.3. The number of carbonyl (C=O) groups is 3. The van der Waals surface area contributed by atoms with Gasteiger partial charge in [0, 0.05) is 38.7 Å². The van der Waals surface area contributed by atoms with Crippen molar-refractivity contribution in [3.05, 3.63) is 91.9 Å². The van der Waals surface area contributed by atoms with Gasteiger partial charge < -0.3 is 15.4 Å². The summed E-state index contributed by atoms with van der Waals surface area (Å²) in [6.07, 6.45) is 0.993. The first-order chi connectivity index (χ1) is 21.1. The molecule has 1 saturated heterocycles. The number of anilines is 1. The minimum atomic E-state index is -3.90. The normalized spacial score (nSPS) is 21.2. The summed E-state index contributed by atoms with van der Waals surface area (Å²) in [6, 6.07) is 14.3. The van der Waals surface area contributed by atoms with Crippen LogP contribution in [-0.2, 0) is 29.8 Å². The molecule has 1 fully saturated rings. The molecule has 3 aromatic rings. The Balaban J connectivity index is 1.78. The van der Waals surface area contributed by atoms with E-state index in [0.717, 1.165) is 11.8 Å². The van der Waals surface area contributed by atoms with E-state index in [1.807, 2.05) is 17.7 Å². The van der Waals surface area contributed by atoms with E-state index in [4.69, 9.17) is 39.5 Å². The molecule has 2 aliphatic heterocycles. The van der Waals surface area contributed by atoms with Crippen LogP contribution in [0.3, 0.4) is 0 Å². The fourth-order valence-electron chi connectivity index (χ4n) is 6.56. The second-order valence-corrected chi connectivity index (χ2v) is 14.5. The van der Waals surface area contributed by atoms with Gasteiger partial charge in [0.1, 0.15) is 11.2 Å². The Labute approximate surface area is 277 Å². The highest BCUT2D eigenvalue weighted by Crippen LogP contribution is 2.59. The Morgan fingerprint density at radius 3 is 2.22 bits per heavy atom. The number of amides is 3. The average molecular weight is 693 g/mol. The standard InChI is InChI=1S/C32H32Cl3N3O6S/c1-5-31(6-2,29(40)38-45(4,42)43)44-26-12-10-19(34)14-22(26)24-16-27(39)37-28(21-13-18(33)8-7-17(21)3)32(24)23-11-9-20(35)15-25(23)36-30(32)41/h7-15,24,28H,5-6,16H2,1-4H3,(H,36,41)(H,37,39)(H,38,40)/t24-,28+,32-/m0/s1. The molecule has 3 atom stereocenters. The number of sulfonamides is 1. The zero-order valence-electron chi connectivity index (χ0n) is 25.0. The van der Waals surface area contributed by atoms with Gasteiger partial charge in [-0.2, -0.15) is 0 Å². The summed E-state index contributed by atoms with van der Waals surface area (Å²) in [5.74, 6) is -2.23. The molecule has 3 N–H and O–H groups in total. The number of hydrogen-bond acceptors (Lipinski definition) is 6. The van der Waals surface area contributed by atoms with Crippen LogP contribution in [0.2, 0.25) is 15.1 Å². The predicted molar refractivity (Wildman–Crippen MR) is 175 cm³/mol. The molecule has 13 heteroatoms. The molecule has 0 aromatic heterocycles. The quantitative estimate of drug-likeness (QED) is 0.258.